The first-order chi connectivity index (χ1) is 10.8. The van der Waals surface area contributed by atoms with E-state index in [0.29, 0.717) is 24.5 Å². The summed E-state index contributed by atoms with van der Waals surface area (Å²) >= 11 is 0. The van der Waals surface area contributed by atoms with Gasteiger partial charge in [-0.25, -0.2) is 0 Å². The Labute approximate surface area is 131 Å². The summed E-state index contributed by atoms with van der Waals surface area (Å²) in [6, 6.07) is 4.65. The summed E-state index contributed by atoms with van der Waals surface area (Å²) in [6.45, 7) is 5.26. The van der Waals surface area contributed by atoms with E-state index in [1.54, 1.807) is 0 Å². The van der Waals surface area contributed by atoms with Crippen LogP contribution in [-0.4, -0.2) is 59.6 Å². The lowest BCUT2D eigenvalue weighted by atomic mass is 10.0. The van der Waals surface area contributed by atoms with Crippen LogP contribution in [0.15, 0.2) is 24.5 Å². The van der Waals surface area contributed by atoms with Crippen LogP contribution in [0, 0.1) is 11.8 Å². The van der Waals surface area contributed by atoms with Gasteiger partial charge in [-0.3, -0.25) is 14.7 Å². The molecule has 22 heavy (non-hydrogen) atoms. The Balaban J connectivity index is 1.39. The Morgan fingerprint density at radius 1 is 1.36 bits per heavy atom. The van der Waals surface area contributed by atoms with E-state index in [9.17, 15) is 4.79 Å². The Bertz CT molecular complexity index is 530. The maximum Gasteiger partial charge on any atom is 0.228 e. The zero-order chi connectivity index (χ0) is 14.9. The molecule has 0 N–H and O–H groups in total. The van der Waals surface area contributed by atoms with Crippen molar-refractivity contribution in [3.8, 4) is 0 Å². The molecule has 3 fully saturated rings. The lowest BCUT2D eigenvalue weighted by Crippen LogP contribution is -2.39. The fourth-order valence-electron chi connectivity index (χ4n) is 4.14. The van der Waals surface area contributed by atoms with Gasteiger partial charge in [0.15, 0.2) is 0 Å². The molecule has 3 atom stereocenters. The molecular formula is C17H23N3O2. The third-order valence-corrected chi connectivity index (χ3v) is 5.36. The van der Waals surface area contributed by atoms with Gasteiger partial charge in [0.1, 0.15) is 0 Å². The van der Waals surface area contributed by atoms with Crippen molar-refractivity contribution in [2.24, 2.45) is 11.8 Å². The van der Waals surface area contributed by atoms with Crippen molar-refractivity contribution in [3.63, 3.8) is 0 Å². The normalized spacial score (nSPS) is 31.6. The molecule has 3 aliphatic heterocycles. The van der Waals surface area contributed by atoms with Crippen molar-refractivity contribution in [1.82, 2.24) is 14.8 Å². The quantitative estimate of drug-likeness (QED) is 0.840. The van der Waals surface area contributed by atoms with Crippen LogP contribution in [0.25, 0.3) is 0 Å². The molecule has 1 aromatic heterocycles. The van der Waals surface area contributed by atoms with Gasteiger partial charge in [0, 0.05) is 44.7 Å². The molecule has 0 radical (unpaired) electrons. The summed E-state index contributed by atoms with van der Waals surface area (Å²) in [7, 11) is 0. The van der Waals surface area contributed by atoms with Crippen LogP contribution in [-0.2, 0) is 16.1 Å². The maximum atomic E-state index is 12.6. The number of carbonyl (C=O) groups is 1. The molecule has 3 saturated heterocycles. The smallest absolute Gasteiger partial charge is 0.228 e. The summed E-state index contributed by atoms with van der Waals surface area (Å²) < 4.78 is 5.37. The van der Waals surface area contributed by atoms with Crippen LogP contribution in [0.3, 0.4) is 0 Å². The minimum atomic E-state index is 0.102. The molecule has 5 heteroatoms. The van der Waals surface area contributed by atoms with E-state index in [2.05, 4.69) is 20.9 Å². The topological polar surface area (TPSA) is 45.7 Å². The first-order valence-corrected chi connectivity index (χ1v) is 8.31. The first-order valence-electron chi connectivity index (χ1n) is 8.31. The number of hydrogen-bond donors (Lipinski definition) is 0. The van der Waals surface area contributed by atoms with Crippen LogP contribution < -0.4 is 0 Å². The summed E-state index contributed by atoms with van der Waals surface area (Å²) in [5.41, 5.74) is 1.26. The van der Waals surface area contributed by atoms with Gasteiger partial charge in [0.2, 0.25) is 5.91 Å². The van der Waals surface area contributed by atoms with Crippen LogP contribution in [0.2, 0.25) is 0 Å². The van der Waals surface area contributed by atoms with Gasteiger partial charge < -0.3 is 9.64 Å². The van der Waals surface area contributed by atoms with Gasteiger partial charge in [0.05, 0.1) is 12.5 Å². The van der Waals surface area contributed by atoms with Crippen LogP contribution in [0.1, 0.15) is 18.4 Å². The van der Waals surface area contributed by atoms with Gasteiger partial charge in [-0.2, -0.15) is 0 Å². The molecule has 1 aromatic rings. The minimum absolute atomic E-state index is 0.102. The molecule has 0 bridgehead atoms. The number of aromatic nitrogens is 1. The number of amides is 1. The molecule has 0 saturated carbocycles. The van der Waals surface area contributed by atoms with Gasteiger partial charge in [0.25, 0.3) is 0 Å². The fourth-order valence-corrected chi connectivity index (χ4v) is 4.14. The Hall–Kier alpha value is -1.46. The van der Waals surface area contributed by atoms with Crippen LogP contribution in [0.5, 0.6) is 0 Å². The van der Waals surface area contributed by atoms with E-state index >= 15 is 0 Å². The van der Waals surface area contributed by atoms with Crippen LogP contribution >= 0.6 is 0 Å². The monoisotopic (exact) mass is 301 g/mol. The number of pyridine rings is 1. The van der Waals surface area contributed by atoms with E-state index in [-0.39, 0.29) is 5.92 Å². The largest absolute Gasteiger partial charge is 0.381 e. The summed E-state index contributed by atoms with van der Waals surface area (Å²) in [6.07, 6.45) is 5.86. The lowest BCUT2D eigenvalue weighted by Gasteiger charge is -2.25. The molecule has 1 unspecified atom stereocenters. The second-order valence-corrected chi connectivity index (χ2v) is 6.75. The molecule has 118 valence electrons. The summed E-state index contributed by atoms with van der Waals surface area (Å²) in [5, 5.41) is 0. The Morgan fingerprint density at radius 3 is 3.09 bits per heavy atom. The van der Waals surface area contributed by atoms with E-state index in [1.165, 1.54) is 12.0 Å². The number of likely N-dealkylation sites (tertiary alicyclic amines) is 2. The molecule has 4 rings (SSSR count). The molecule has 4 heterocycles. The molecule has 3 aliphatic rings. The summed E-state index contributed by atoms with van der Waals surface area (Å²) in [4.78, 5) is 21.4. The van der Waals surface area contributed by atoms with Crippen molar-refractivity contribution in [2.45, 2.75) is 25.4 Å². The first kappa shape index (κ1) is 14.2. The number of rotatable bonds is 3. The maximum absolute atomic E-state index is 12.6. The van der Waals surface area contributed by atoms with Crippen LogP contribution in [0.4, 0.5) is 0 Å². The third kappa shape index (κ3) is 2.63. The van der Waals surface area contributed by atoms with Crippen molar-refractivity contribution >= 4 is 5.91 Å². The zero-order valence-corrected chi connectivity index (χ0v) is 12.9. The van der Waals surface area contributed by atoms with Gasteiger partial charge >= 0.3 is 0 Å². The van der Waals surface area contributed by atoms with Crippen molar-refractivity contribution < 1.29 is 9.53 Å². The number of ether oxygens (including phenoxy) is 1. The number of hydrogen-bond acceptors (Lipinski definition) is 4. The predicted octanol–water partition coefficient (Wildman–Crippen LogP) is 1.15. The highest BCUT2D eigenvalue weighted by molar-refractivity contribution is 5.79. The molecule has 1 amide bonds. The second kappa shape index (κ2) is 5.97. The highest BCUT2D eigenvalue weighted by atomic mass is 16.5. The van der Waals surface area contributed by atoms with Gasteiger partial charge in [-0.05, 0) is 36.9 Å². The predicted molar refractivity (Wildman–Crippen MR) is 82.0 cm³/mol. The molecule has 0 aliphatic carbocycles. The lowest BCUT2D eigenvalue weighted by molar-refractivity contribution is -0.134. The number of carbonyl (C=O) groups excluding carboxylic acids is 1. The van der Waals surface area contributed by atoms with E-state index in [0.717, 1.165) is 39.2 Å². The van der Waals surface area contributed by atoms with Crippen molar-refractivity contribution in [3.05, 3.63) is 30.1 Å². The average Bonchev–Trinajstić information content (AvgIpc) is 3.26. The van der Waals surface area contributed by atoms with Gasteiger partial charge in [-0.1, -0.05) is 6.07 Å². The average molecular weight is 301 g/mol. The van der Waals surface area contributed by atoms with E-state index < -0.39 is 0 Å². The van der Waals surface area contributed by atoms with Crippen molar-refractivity contribution in [1.29, 1.82) is 0 Å². The molecule has 0 aromatic carbocycles. The fraction of sp³-hybridized carbons (Fsp3) is 0.647. The highest BCUT2D eigenvalue weighted by Gasteiger charge is 2.44. The third-order valence-electron chi connectivity index (χ3n) is 5.36. The molecule has 0 spiro atoms. The molecule has 5 nitrogen and oxygen atoms in total. The number of nitrogens with zero attached hydrogens (tertiary/aromatic N) is 3. The van der Waals surface area contributed by atoms with E-state index in [4.69, 9.17) is 4.74 Å². The number of fused-ring (bicyclic) bond motifs is 1. The Kier molecular flexibility index (Phi) is 3.84. The van der Waals surface area contributed by atoms with Crippen molar-refractivity contribution in [2.75, 3.05) is 32.8 Å². The standard InChI is InChI=1S/C17H23N3O2/c21-17(15-4-7-22-12-15)20-10-14-3-6-19(16(14)11-20)9-13-2-1-5-18-8-13/h1-2,5,8,14-16H,3-4,6-7,9-12H2/t14-,15?,16+/m0/s1. The van der Waals surface area contributed by atoms with E-state index in [1.807, 2.05) is 18.5 Å². The second-order valence-electron chi connectivity index (χ2n) is 6.75. The zero-order valence-electron chi connectivity index (χ0n) is 12.9. The summed E-state index contributed by atoms with van der Waals surface area (Å²) in [5.74, 6) is 1.06. The highest BCUT2D eigenvalue weighted by Crippen LogP contribution is 2.33. The minimum Gasteiger partial charge on any atom is -0.381 e. The van der Waals surface area contributed by atoms with Gasteiger partial charge in [-0.15, -0.1) is 0 Å². The molecular weight excluding hydrogens is 278 g/mol. The Morgan fingerprint density at radius 2 is 2.32 bits per heavy atom. The SMILES string of the molecule is O=C(C1CCOC1)N1C[C@@H]2CCN(Cc3cccnc3)[C@@H]2C1.